The summed E-state index contributed by atoms with van der Waals surface area (Å²) in [6, 6.07) is 22.6. The van der Waals surface area contributed by atoms with E-state index in [1.165, 1.54) is 0 Å². The van der Waals surface area contributed by atoms with Crippen molar-refractivity contribution < 1.29 is 9.59 Å². The van der Waals surface area contributed by atoms with Gasteiger partial charge in [0.2, 0.25) is 5.91 Å². The van der Waals surface area contributed by atoms with Crippen LogP contribution in [-0.2, 0) is 4.79 Å². The number of carbonyl (C=O) groups is 2. The van der Waals surface area contributed by atoms with Crippen LogP contribution < -0.4 is 10.2 Å². The summed E-state index contributed by atoms with van der Waals surface area (Å²) >= 11 is 0. The van der Waals surface area contributed by atoms with Gasteiger partial charge in [0.15, 0.2) is 0 Å². The Hall–Kier alpha value is -3.93. The molecule has 0 aliphatic carbocycles. The van der Waals surface area contributed by atoms with E-state index in [9.17, 15) is 9.59 Å². The molecule has 1 aliphatic heterocycles. The van der Waals surface area contributed by atoms with Crippen LogP contribution in [0.2, 0.25) is 0 Å². The number of nitrogens with zero attached hydrogens (tertiary/aromatic N) is 2. The molecule has 148 valence electrons. The van der Waals surface area contributed by atoms with Gasteiger partial charge in [-0.3, -0.25) is 9.59 Å². The fourth-order valence-electron chi connectivity index (χ4n) is 3.81. The number of anilines is 2. The molecule has 0 bridgehead atoms. The van der Waals surface area contributed by atoms with Crippen LogP contribution in [0, 0.1) is 0 Å². The number of carbonyl (C=O) groups excluding carboxylic acids is 2. The number of aromatic amines is 1. The van der Waals surface area contributed by atoms with Crippen molar-refractivity contribution in [3.8, 4) is 11.4 Å². The molecule has 6 nitrogen and oxygen atoms in total. The standard InChI is InChI=1S/C24H20N4O2/c29-22-13-6-14-28(22)17-8-5-7-16(15-17)24(30)27-19-10-2-1-9-18(19)23-25-20-11-3-4-12-21(20)26-23/h1-5,7-12,15H,6,13-14H2,(H,25,26)(H,27,30). The van der Waals surface area contributed by atoms with E-state index < -0.39 is 0 Å². The SMILES string of the molecule is O=C(Nc1ccccc1-c1nc2ccccc2[nH]1)c1cccc(N2CCCC2=O)c1. The van der Waals surface area contributed by atoms with Crippen LogP contribution in [0.25, 0.3) is 22.4 Å². The van der Waals surface area contributed by atoms with E-state index in [0.29, 0.717) is 30.0 Å². The molecule has 30 heavy (non-hydrogen) atoms. The minimum Gasteiger partial charge on any atom is -0.338 e. The predicted octanol–water partition coefficient (Wildman–Crippen LogP) is 4.61. The van der Waals surface area contributed by atoms with Crippen LogP contribution in [-0.4, -0.2) is 28.3 Å². The molecule has 2 amide bonds. The number of para-hydroxylation sites is 3. The third-order valence-corrected chi connectivity index (χ3v) is 5.31. The lowest BCUT2D eigenvalue weighted by Gasteiger charge is -2.16. The van der Waals surface area contributed by atoms with Gasteiger partial charge in [-0.15, -0.1) is 0 Å². The number of rotatable bonds is 4. The quantitative estimate of drug-likeness (QED) is 0.529. The Bertz CT molecular complexity index is 1230. The van der Waals surface area contributed by atoms with Crippen LogP contribution in [0.15, 0.2) is 72.8 Å². The fourth-order valence-corrected chi connectivity index (χ4v) is 3.81. The molecule has 0 spiro atoms. The molecule has 1 fully saturated rings. The third kappa shape index (κ3) is 3.33. The zero-order valence-electron chi connectivity index (χ0n) is 16.3. The van der Waals surface area contributed by atoms with Gasteiger partial charge < -0.3 is 15.2 Å². The maximum Gasteiger partial charge on any atom is 0.255 e. The molecule has 0 unspecified atom stereocenters. The van der Waals surface area contributed by atoms with E-state index >= 15 is 0 Å². The van der Waals surface area contributed by atoms with Gasteiger partial charge >= 0.3 is 0 Å². The van der Waals surface area contributed by atoms with Gasteiger partial charge in [0.25, 0.3) is 5.91 Å². The lowest BCUT2D eigenvalue weighted by atomic mass is 10.1. The zero-order chi connectivity index (χ0) is 20.5. The van der Waals surface area contributed by atoms with Crippen molar-refractivity contribution in [3.63, 3.8) is 0 Å². The molecule has 0 atom stereocenters. The summed E-state index contributed by atoms with van der Waals surface area (Å²) in [4.78, 5) is 34.7. The van der Waals surface area contributed by atoms with Gasteiger partial charge in [-0.2, -0.15) is 0 Å². The summed E-state index contributed by atoms with van der Waals surface area (Å²) in [6.07, 6.45) is 1.40. The topological polar surface area (TPSA) is 78.1 Å². The van der Waals surface area contributed by atoms with Crippen LogP contribution >= 0.6 is 0 Å². The van der Waals surface area contributed by atoms with Crippen molar-refractivity contribution in [1.29, 1.82) is 0 Å². The number of hydrogen-bond acceptors (Lipinski definition) is 3. The molecule has 1 aliphatic rings. The first-order chi connectivity index (χ1) is 14.7. The highest BCUT2D eigenvalue weighted by Gasteiger charge is 2.22. The second-order valence-corrected chi connectivity index (χ2v) is 7.30. The zero-order valence-corrected chi connectivity index (χ0v) is 16.3. The van der Waals surface area contributed by atoms with Crippen molar-refractivity contribution >= 4 is 34.2 Å². The Labute approximate surface area is 173 Å². The normalized spacial score (nSPS) is 13.7. The number of imidazole rings is 1. The Morgan fingerprint density at radius 3 is 2.67 bits per heavy atom. The van der Waals surface area contributed by atoms with E-state index in [4.69, 9.17) is 0 Å². The van der Waals surface area contributed by atoms with E-state index in [1.807, 2.05) is 54.6 Å². The summed E-state index contributed by atoms with van der Waals surface area (Å²) in [6.45, 7) is 0.693. The lowest BCUT2D eigenvalue weighted by Crippen LogP contribution is -2.24. The van der Waals surface area contributed by atoms with Gasteiger partial charge in [0.05, 0.1) is 16.7 Å². The average Bonchev–Trinajstić information content (AvgIpc) is 3.40. The van der Waals surface area contributed by atoms with E-state index in [0.717, 1.165) is 28.7 Å². The lowest BCUT2D eigenvalue weighted by molar-refractivity contribution is -0.117. The molecule has 6 heteroatoms. The monoisotopic (exact) mass is 396 g/mol. The molecular formula is C24H20N4O2. The molecule has 3 aromatic carbocycles. The smallest absolute Gasteiger partial charge is 0.255 e. The number of nitrogens with one attached hydrogen (secondary N) is 2. The predicted molar refractivity (Wildman–Crippen MR) is 118 cm³/mol. The molecular weight excluding hydrogens is 376 g/mol. The molecule has 2 heterocycles. The maximum absolute atomic E-state index is 13.0. The fraction of sp³-hybridized carbons (Fsp3) is 0.125. The van der Waals surface area contributed by atoms with Gasteiger partial charge in [0, 0.05) is 29.8 Å². The third-order valence-electron chi connectivity index (χ3n) is 5.31. The molecule has 4 aromatic rings. The molecule has 5 rings (SSSR count). The Morgan fingerprint density at radius 1 is 1.00 bits per heavy atom. The highest BCUT2D eigenvalue weighted by Crippen LogP contribution is 2.28. The Kier molecular flexibility index (Phi) is 4.52. The Balaban J connectivity index is 1.44. The summed E-state index contributed by atoms with van der Waals surface area (Å²) in [5.74, 6) is 0.568. The van der Waals surface area contributed by atoms with Crippen LogP contribution in [0.4, 0.5) is 11.4 Å². The van der Waals surface area contributed by atoms with Gasteiger partial charge in [-0.05, 0) is 48.9 Å². The van der Waals surface area contributed by atoms with Crippen molar-refractivity contribution in [3.05, 3.63) is 78.4 Å². The molecule has 2 N–H and O–H groups in total. The molecule has 1 saturated heterocycles. The number of amides is 2. The summed E-state index contributed by atoms with van der Waals surface area (Å²) in [7, 11) is 0. The molecule has 1 aromatic heterocycles. The van der Waals surface area contributed by atoms with Gasteiger partial charge in [-0.1, -0.05) is 30.3 Å². The molecule has 0 radical (unpaired) electrons. The van der Waals surface area contributed by atoms with Crippen molar-refractivity contribution in [2.75, 3.05) is 16.8 Å². The van der Waals surface area contributed by atoms with Gasteiger partial charge in [-0.25, -0.2) is 4.98 Å². The number of hydrogen-bond donors (Lipinski definition) is 2. The van der Waals surface area contributed by atoms with Crippen molar-refractivity contribution in [2.24, 2.45) is 0 Å². The van der Waals surface area contributed by atoms with Crippen LogP contribution in [0.5, 0.6) is 0 Å². The largest absolute Gasteiger partial charge is 0.338 e. The van der Waals surface area contributed by atoms with Crippen molar-refractivity contribution in [2.45, 2.75) is 12.8 Å². The molecule has 0 saturated carbocycles. The number of H-pyrrole nitrogens is 1. The van der Waals surface area contributed by atoms with E-state index in [-0.39, 0.29) is 11.8 Å². The highest BCUT2D eigenvalue weighted by atomic mass is 16.2. The first kappa shape index (κ1) is 18.1. The number of benzene rings is 3. The number of fused-ring (bicyclic) bond motifs is 1. The Morgan fingerprint density at radius 2 is 1.83 bits per heavy atom. The number of aromatic nitrogens is 2. The second kappa shape index (κ2) is 7.48. The van der Waals surface area contributed by atoms with E-state index in [2.05, 4.69) is 15.3 Å². The maximum atomic E-state index is 13.0. The van der Waals surface area contributed by atoms with E-state index in [1.54, 1.807) is 23.1 Å². The van der Waals surface area contributed by atoms with Crippen molar-refractivity contribution in [1.82, 2.24) is 9.97 Å². The first-order valence-corrected chi connectivity index (χ1v) is 9.95. The average molecular weight is 396 g/mol. The minimum absolute atomic E-state index is 0.0998. The second-order valence-electron chi connectivity index (χ2n) is 7.30. The summed E-state index contributed by atoms with van der Waals surface area (Å²) in [5, 5.41) is 3.00. The van der Waals surface area contributed by atoms with Crippen LogP contribution in [0.3, 0.4) is 0 Å². The summed E-state index contributed by atoms with van der Waals surface area (Å²) in [5.41, 5.74) is 4.56. The summed E-state index contributed by atoms with van der Waals surface area (Å²) < 4.78 is 0. The minimum atomic E-state index is -0.230. The highest BCUT2D eigenvalue weighted by molar-refractivity contribution is 6.07. The van der Waals surface area contributed by atoms with Gasteiger partial charge in [0.1, 0.15) is 5.82 Å². The van der Waals surface area contributed by atoms with Crippen LogP contribution in [0.1, 0.15) is 23.2 Å². The first-order valence-electron chi connectivity index (χ1n) is 9.95.